The van der Waals surface area contributed by atoms with Gasteiger partial charge in [-0.1, -0.05) is 0 Å². The normalized spacial score (nSPS) is 18.0. The van der Waals surface area contributed by atoms with Crippen molar-refractivity contribution >= 4 is 11.7 Å². The van der Waals surface area contributed by atoms with Crippen molar-refractivity contribution in [3.8, 4) is 0 Å². The molecule has 1 aliphatic rings. The summed E-state index contributed by atoms with van der Waals surface area (Å²) in [6, 6.07) is 1.60. The number of anilines is 1. The maximum atomic E-state index is 12.5. The molecule has 0 saturated carbocycles. The molecule has 1 aliphatic heterocycles. The summed E-state index contributed by atoms with van der Waals surface area (Å²) in [7, 11) is 1.80. The number of amides is 2. The van der Waals surface area contributed by atoms with Gasteiger partial charge in [0.15, 0.2) is 0 Å². The van der Waals surface area contributed by atoms with Crippen LogP contribution in [0.1, 0.15) is 30.1 Å². The molecule has 6 nitrogen and oxygen atoms in total. The predicted octanol–water partition coefficient (Wildman–Crippen LogP) is 3.20. The van der Waals surface area contributed by atoms with Gasteiger partial charge in [-0.15, -0.1) is 0 Å². The Morgan fingerprint density at radius 2 is 2.12 bits per heavy atom. The minimum absolute atomic E-state index is 0.0823. The molecule has 3 heterocycles. The summed E-state index contributed by atoms with van der Waals surface area (Å²) in [5.41, 5.74) is 0.176. The highest BCUT2D eigenvalue weighted by Crippen LogP contribution is 2.32. The molecule has 9 heteroatoms. The molecule has 0 bridgehead atoms. The third-order valence-electron chi connectivity index (χ3n) is 3.93. The first-order chi connectivity index (χ1) is 11.3. The van der Waals surface area contributed by atoms with Gasteiger partial charge in [-0.2, -0.15) is 18.3 Å². The van der Waals surface area contributed by atoms with Crippen LogP contribution >= 0.6 is 0 Å². The molecule has 0 aromatic carbocycles. The second-order valence-corrected chi connectivity index (χ2v) is 5.66. The van der Waals surface area contributed by atoms with E-state index in [-0.39, 0.29) is 17.8 Å². The second kappa shape index (κ2) is 6.14. The molecule has 0 spiro atoms. The number of urea groups is 1. The number of aromatic nitrogens is 3. The number of halogens is 3. The fraction of sp³-hybridized carbons (Fsp3) is 0.400. The van der Waals surface area contributed by atoms with E-state index >= 15 is 0 Å². The van der Waals surface area contributed by atoms with Crippen molar-refractivity contribution in [3.05, 3.63) is 42.0 Å². The monoisotopic (exact) mass is 339 g/mol. The molecule has 0 aliphatic carbocycles. The van der Waals surface area contributed by atoms with Gasteiger partial charge in [0, 0.05) is 25.4 Å². The molecule has 2 amide bonds. The first-order valence-electron chi connectivity index (χ1n) is 7.44. The van der Waals surface area contributed by atoms with E-state index in [4.69, 9.17) is 0 Å². The van der Waals surface area contributed by atoms with Gasteiger partial charge in [0.1, 0.15) is 5.69 Å². The number of aryl methyl sites for hydroxylation is 1. The zero-order valence-corrected chi connectivity index (χ0v) is 12.9. The van der Waals surface area contributed by atoms with Crippen molar-refractivity contribution in [2.75, 3.05) is 11.9 Å². The Morgan fingerprint density at radius 1 is 1.33 bits per heavy atom. The lowest BCUT2D eigenvalue weighted by Crippen LogP contribution is -2.34. The minimum Gasteiger partial charge on any atom is -0.317 e. The summed E-state index contributed by atoms with van der Waals surface area (Å²) in [6.45, 7) is 0.583. The van der Waals surface area contributed by atoms with Gasteiger partial charge in [-0.05, 0) is 25.0 Å². The smallest absolute Gasteiger partial charge is 0.317 e. The molecule has 1 atom stereocenters. The summed E-state index contributed by atoms with van der Waals surface area (Å²) in [4.78, 5) is 17.4. The average Bonchev–Trinajstić information content (AvgIpc) is 3.15. The number of hydrogen-bond donors (Lipinski definition) is 1. The largest absolute Gasteiger partial charge is 0.433 e. The molecular weight excluding hydrogens is 323 g/mol. The Hall–Kier alpha value is -2.58. The summed E-state index contributed by atoms with van der Waals surface area (Å²) in [5.74, 6) is 0. The van der Waals surface area contributed by atoms with Crippen LogP contribution in [0.3, 0.4) is 0 Å². The Kier molecular flexibility index (Phi) is 4.16. The van der Waals surface area contributed by atoms with Gasteiger partial charge in [-0.3, -0.25) is 4.68 Å². The summed E-state index contributed by atoms with van der Waals surface area (Å²) < 4.78 is 39.2. The van der Waals surface area contributed by atoms with Crippen LogP contribution < -0.4 is 5.32 Å². The van der Waals surface area contributed by atoms with Crippen LogP contribution in [0, 0.1) is 0 Å². The Labute approximate surface area is 136 Å². The maximum Gasteiger partial charge on any atom is 0.433 e. The molecule has 3 rings (SSSR count). The number of carbonyl (C=O) groups is 1. The maximum absolute atomic E-state index is 12.5. The molecular formula is C15H16F3N5O. The third kappa shape index (κ3) is 3.34. The minimum atomic E-state index is -4.50. The van der Waals surface area contributed by atoms with E-state index in [1.165, 1.54) is 6.07 Å². The van der Waals surface area contributed by atoms with Crippen molar-refractivity contribution in [2.45, 2.75) is 25.1 Å². The molecule has 1 N–H and O–H groups in total. The topological polar surface area (TPSA) is 63.1 Å². The highest BCUT2D eigenvalue weighted by molar-refractivity contribution is 5.89. The van der Waals surface area contributed by atoms with Crippen molar-refractivity contribution in [1.82, 2.24) is 19.7 Å². The Balaban J connectivity index is 1.70. The average molecular weight is 339 g/mol. The third-order valence-corrected chi connectivity index (χ3v) is 3.93. The van der Waals surface area contributed by atoms with E-state index in [1.807, 2.05) is 6.20 Å². The van der Waals surface area contributed by atoms with Crippen LogP contribution in [0.5, 0.6) is 0 Å². The highest BCUT2D eigenvalue weighted by atomic mass is 19.4. The standard InChI is InChI=1S/C15H16F3N5O/c1-22-9-10(7-20-22)12-3-2-6-23(12)14(24)21-11-4-5-13(19-8-11)15(16,17)18/h4-5,7-9,12H,2-3,6H2,1H3,(H,21,24). The zero-order valence-electron chi connectivity index (χ0n) is 12.9. The number of rotatable bonds is 2. The SMILES string of the molecule is Cn1cc(C2CCCN2C(=O)Nc2ccc(C(F)(F)F)nc2)cn1. The second-order valence-electron chi connectivity index (χ2n) is 5.66. The van der Waals surface area contributed by atoms with Crippen LogP contribution in [0.2, 0.25) is 0 Å². The van der Waals surface area contributed by atoms with E-state index in [2.05, 4.69) is 15.4 Å². The molecule has 128 valence electrons. The van der Waals surface area contributed by atoms with E-state index in [0.717, 1.165) is 30.7 Å². The molecule has 1 unspecified atom stereocenters. The number of alkyl halides is 3. The quantitative estimate of drug-likeness (QED) is 0.914. The number of hydrogen-bond acceptors (Lipinski definition) is 3. The molecule has 0 radical (unpaired) electrons. The molecule has 24 heavy (non-hydrogen) atoms. The van der Waals surface area contributed by atoms with Gasteiger partial charge in [0.25, 0.3) is 0 Å². The molecule has 1 fully saturated rings. The predicted molar refractivity (Wildman–Crippen MR) is 80.1 cm³/mol. The van der Waals surface area contributed by atoms with Crippen molar-refractivity contribution in [2.24, 2.45) is 7.05 Å². The van der Waals surface area contributed by atoms with E-state index < -0.39 is 11.9 Å². The lowest BCUT2D eigenvalue weighted by molar-refractivity contribution is -0.141. The number of nitrogens with zero attached hydrogens (tertiary/aromatic N) is 4. The van der Waals surface area contributed by atoms with Gasteiger partial charge in [-0.25, -0.2) is 9.78 Å². The number of nitrogens with one attached hydrogen (secondary N) is 1. The van der Waals surface area contributed by atoms with Crippen LogP contribution in [0.15, 0.2) is 30.7 Å². The Bertz CT molecular complexity index is 725. The van der Waals surface area contributed by atoms with Crippen LogP contribution in [-0.2, 0) is 13.2 Å². The van der Waals surface area contributed by atoms with E-state index in [0.29, 0.717) is 6.54 Å². The molecule has 1 saturated heterocycles. The number of likely N-dealkylation sites (tertiary alicyclic amines) is 1. The molecule has 2 aromatic heterocycles. The first-order valence-corrected chi connectivity index (χ1v) is 7.44. The zero-order chi connectivity index (χ0) is 17.3. The lowest BCUT2D eigenvalue weighted by atomic mass is 10.1. The highest BCUT2D eigenvalue weighted by Gasteiger charge is 2.33. The van der Waals surface area contributed by atoms with Crippen LogP contribution in [0.4, 0.5) is 23.7 Å². The summed E-state index contributed by atoms with van der Waals surface area (Å²) >= 11 is 0. The van der Waals surface area contributed by atoms with E-state index in [1.54, 1.807) is 22.8 Å². The lowest BCUT2D eigenvalue weighted by Gasteiger charge is -2.24. The van der Waals surface area contributed by atoms with Crippen molar-refractivity contribution in [3.63, 3.8) is 0 Å². The number of pyridine rings is 1. The summed E-state index contributed by atoms with van der Waals surface area (Å²) in [5, 5.41) is 6.71. The fourth-order valence-electron chi connectivity index (χ4n) is 2.80. The van der Waals surface area contributed by atoms with Crippen LogP contribution in [-0.4, -0.2) is 32.2 Å². The Morgan fingerprint density at radius 3 is 2.71 bits per heavy atom. The van der Waals surface area contributed by atoms with Gasteiger partial charge in [0.2, 0.25) is 0 Å². The van der Waals surface area contributed by atoms with Crippen molar-refractivity contribution < 1.29 is 18.0 Å². The van der Waals surface area contributed by atoms with Gasteiger partial charge in [0.05, 0.1) is 24.1 Å². The van der Waals surface area contributed by atoms with E-state index in [9.17, 15) is 18.0 Å². The van der Waals surface area contributed by atoms with Crippen molar-refractivity contribution in [1.29, 1.82) is 0 Å². The number of carbonyl (C=O) groups excluding carboxylic acids is 1. The first kappa shape index (κ1) is 16.3. The fourth-order valence-corrected chi connectivity index (χ4v) is 2.80. The van der Waals surface area contributed by atoms with Crippen LogP contribution in [0.25, 0.3) is 0 Å². The summed E-state index contributed by atoms with van der Waals surface area (Å²) in [6.07, 6.45) is 1.77. The van der Waals surface area contributed by atoms with Gasteiger partial charge >= 0.3 is 12.2 Å². The van der Waals surface area contributed by atoms with Gasteiger partial charge < -0.3 is 10.2 Å². The molecule has 2 aromatic rings.